The molecule has 1 aromatic carbocycles. The van der Waals surface area contributed by atoms with Crippen LogP contribution in [0.1, 0.15) is 37.6 Å². The molecule has 122 valence electrons. The molecule has 1 amide bonds. The summed E-state index contributed by atoms with van der Waals surface area (Å²) in [7, 11) is 2.93. The highest BCUT2D eigenvalue weighted by atomic mass is 16.5. The van der Waals surface area contributed by atoms with Gasteiger partial charge in [-0.2, -0.15) is 0 Å². The van der Waals surface area contributed by atoms with E-state index in [9.17, 15) is 9.59 Å². The molecule has 0 saturated heterocycles. The fraction of sp³-hybridized carbons (Fsp3) is 0.500. The number of rotatable bonds is 5. The quantitative estimate of drug-likeness (QED) is 0.571. The minimum Gasteiger partial charge on any atom is -0.469 e. The predicted octanol–water partition coefficient (Wildman–Crippen LogP) is 2.02. The lowest BCUT2D eigenvalue weighted by molar-refractivity contribution is -0.141. The van der Waals surface area contributed by atoms with Crippen LogP contribution in [0.3, 0.4) is 0 Å². The van der Waals surface area contributed by atoms with E-state index in [1.54, 1.807) is 25.2 Å². The van der Waals surface area contributed by atoms with Gasteiger partial charge in [0.2, 0.25) is 0 Å². The fourth-order valence-electron chi connectivity index (χ4n) is 1.98. The number of nitrogen functional groups attached to an aromatic ring is 1. The summed E-state index contributed by atoms with van der Waals surface area (Å²) in [5.41, 5.74) is 7.44. The van der Waals surface area contributed by atoms with E-state index in [0.29, 0.717) is 16.9 Å². The van der Waals surface area contributed by atoms with Crippen molar-refractivity contribution >= 4 is 23.3 Å². The Hall–Kier alpha value is -2.24. The molecule has 0 spiro atoms. The van der Waals surface area contributed by atoms with Gasteiger partial charge in [-0.1, -0.05) is 20.8 Å². The summed E-state index contributed by atoms with van der Waals surface area (Å²) in [4.78, 5) is 23.3. The first-order valence-corrected chi connectivity index (χ1v) is 7.14. The maximum Gasteiger partial charge on any atom is 0.307 e. The van der Waals surface area contributed by atoms with Crippen LogP contribution < -0.4 is 16.4 Å². The van der Waals surface area contributed by atoms with Crippen molar-refractivity contribution in [2.75, 3.05) is 25.2 Å². The van der Waals surface area contributed by atoms with Crippen molar-refractivity contribution in [1.29, 1.82) is 0 Å². The van der Waals surface area contributed by atoms with Crippen LogP contribution in [0, 0.1) is 5.41 Å². The molecular weight excluding hydrogens is 282 g/mol. The van der Waals surface area contributed by atoms with Crippen molar-refractivity contribution in [2.45, 2.75) is 33.2 Å². The molecule has 1 unspecified atom stereocenters. The first kappa shape index (κ1) is 17.8. The van der Waals surface area contributed by atoms with E-state index in [-0.39, 0.29) is 29.8 Å². The number of anilines is 2. The lowest BCUT2D eigenvalue weighted by atomic mass is 9.84. The monoisotopic (exact) mass is 307 g/mol. The molecule has 0 aliphatic carbocycles. The number of nitrogens with two attached hydrogens (primary N) is 1. The predicted molar refractivity (Wildman–Crippen MR) is 87.7 cm³/mol. The molecular formula is C16H25N3O3. The first-order chi connectivity index (χ1) is 10.2. The lowest BCUT2D eigenvalue weighted by Gasteiger charge is -2.32. The topological polar surface area (TPSA) is 93.5 Å². The van der Waals surface area contributed by atoms with Gasteiger partial charge in [-0.05, 0) is 23.6 Å². The Morgan fingerprint density at radius 1 is 1.32 bits per heavy atom. The smallest absolute Gasteiger partial charge is 0.307 e. The van der Waals surface area contributed by atoms with Gasteiger partial charge < -0.3 is 21.1 Å². The van der Waals surface area contributed by atoms with Crippen molar-refractivity contribution in [1.82, 2.24) is 5.32 Å². The molecule has 0 fully saturated rings. The van der Waals surface area contributed by atoms with Crippen molar-refractivity contribution in [2.24, 2.45) is 5.41 Å². The Kier molecular flexibility index (Phi) is 5.79. The number of nitrogens with one attached hydrogen (secondary N) is 2. The van der Waals surface area contributed by atoms with Crippen LogP contribution in [-0.2, 0) is 9.53 Å². The van der Waals surface area contributed by atoms with Gasteiger partial charge in [0.25, 0.3) is 5.91 Å². The van der Waals surface area contributed by atoms with Crippen LogP contribution in [0.5, 0.6) is 0 Å². The van der Waals surface area contributed by atoms with E-state index >= 15 is 0 Å². The number of carbonyl (C=O) groups is 2. The maximum atomic E-state index is 11.7. The highest BCUT2D eigenvalue weighted by Crippen LogP contribution is 2.29. The third-order valence-electron chi connectivity index (χ3n) is 3.52. The van der Waals surface area contributed by atoms with Gasteiger partial charge in [0.05, 0.1) is 24.9 Å². The molecule has 6 nitrogen and oxygen atoms in total. The summed E-state index contributed by atoms with van der Waals surface area (Å²) in [6, 6.07) is 4.84. The van der Waals surface area contributed by atoms with E-state index < -0.39 is 0 Å². The summed E-state index contributed by atoms with van der Waals surface area (Å²) in [5.74, 6) is -0.489. The molecule has 4 N–H and O–H groups in total. The summed E-state index contributed by atoms with van der Waals surface area (Å²) < 4.78 is 4.75. The van der Waals surface area contributed by atoms with Crippen LogP contribution in [-0.4, -0.2) is 32.1 Å². The largest absolute Gasteiger partial charge is 0.469 e. The Labute approximate surface area is 131 Å². The van der Waals surface area contributed by atoms with Crippen LogP contribution >= 0.6 is 0 Å². The highest BCUT2D eigenvalue weighted by Gasteiger charge is 2.28. The minimum absolute atomic E-state index is 0.179. The number of benzene rings is 1. The van der Waals surface area contributed by atoms with Crippen LogP contribution in [0.15, 0.2) is 18.2 Å². The van der Waals surface area contributed by atoms with Gasteiger partial charge in [0, 0.05) is 18.7 Å². The first-order valence-electron chi connectivity index (χ1n) is 7.14. The summed E-state index contributed by atoms with van der Waals surface area (Å²) in [5, 5.41) is 5.84. The van der Waals surface area contributed by atoms with Crippen molar-refractivity contribution in [3.63, 3.8) is 0 Å². The zero-order chi connectivity index (χ0) is 16.9. The molecule has 0 saturated carbocycles. The number of hydrogen-bond donors (Lipinski definition) is 3. The number of ether oxygens (including phenoxy) is 1. The van der Waals surface area contributed by atoms with Gasteiger partial charge in [-0.3, -0.25) is 9.59 Å². The van der Waals surface area contributed by atoms with E-state index in [4.69, 9.17) is 10.5 Å². The molecule has 1 rings (SSSR count). The molecule has 0 radical (unpaired) electrons. The van der Waals surface area contributed by atoms with Gasteiger partial charge in [0.1, 0.15) is 0 Å². The molecule has 0 aliphatic rings. The summed E-state index contributed by atoms with van der Waals surface area (Å²) in [6.45, 7) is 6.06. The zero-order valence-electron chi connectivity index (χ0n) is 13.8. The summed E-state index contributed by atoms with van der Waals surface area (Å²) >= 11 is 0. The molecule has 0 aromatic heterocycles. The summed E-state index contributed by atoms with van der Waals surface area (Å²) in [6.07, 6.45) is 0.212. The Bertz CT molecular complexity index is 550. The normalized spacial score (nSPS) is 12.4. The Morgan fingerprint density at radius 2 is 1.95 bits per heavy atom. The Balaban J connectivity index is 3.07. The van der Waals surface area contributed by atoms with Crippen molar-refractivity contribution < 1.29 is 14.3 Å². The molecule has 1 aromatic rings. The molecule has 0 aliphatic heterocycles. The SMILES string of the molecule is CNC(=O)c1ccc(N)c(NC(CC(=O)OC)C(C)(C)C)c1. The second kappa shape index (κ2) is 7.15. The van der Waals surface area contributed by atoms with E-state index in [1.165, 1.54) is 7.11 Å². The van der Waals surface area contributed by atoms with Crippen LogP contribution in [0.4, 0.5) is 11.4 Å². The van der Waals surface area contributed by atoms with Gasteiger partial charge in [-0.15, -0.1) is 0 Å². The van der Waals surface area contributed by atoms with Crippen molar-refractivity contribution in [3.05, 3.63) is 23.8 Å². The van der Waals surface area contributed by atoms with Crippen LogP contribution in [0.2, 0.25) is 0 Å². The second-order valence-electron chi connectivity index (χ2n) is 6.22. The van der Waals surface area contributed by atoms with Crippen molar-refractivity contribution in [3.8, 4) is 0 Å². The highest BCUT2D eigenvalue weighted by molar-refractivity contribution is 5.96. The standard InChI is InChI=1S/C16H25N3O3/c1-16(2,3)13(9-14(20)22-5)19-12-8-10(15(21)18-4)6-7-11(12)17/h6-8,13,19H,9,17H2,1-5H3,(H,18,21). The molecule has 0 bridgehead atoms. The maximum absolute atomic E-state index is 11.7. The number of hydrogen-bond acceptors (Lipinski definition) is 5. The third kappa shape index (κ3) is 4.65. The molecule has 6 heteroatoms. The average molecular weight is 307 g/mol. The Morgan fingerprint density at radius 3 is 2.45 bits per heavy atom. The van der Waals surface area contributed by atoms with Gasteiger partial charge in [-0.25, -0.2) is 0 Å². The minimum atomic E-state index is -0.298. The second-order valence-corrected chi connectivity index (χ2v) is 6.22. The van der Waals surface area contributed by atoms with E-state index in [1.807, 2.05) is 20.8 Å². The number of carbonyl (C=O) groups excluding carboxylic acids is 2. The number of esters is 1. The van der Waals surface area contributed by atoms with Crippen LogP contribution in [0.25, 0.3) is 0 Å². The van der Waals surface area contributed by atoms with E-state index in [0.717, 1.165) is 0 Å². The molecule has 0 heterocycles. The lowest BCUT2D eigenvalue weighted by Crippen LogP contribution is -2.36. The molecule has 1 atom stereocenters. The van der Waals surface area contributed by atoms with Gasteiger partial charge >= 0.3 is 5.97 Å². The third-order valence-corrected chi connectivity index (χ3v) is 3.52. The fourth-order valence-corrected chi connectivity index (χ4v) is 1.98. The van der Waals surface area contributed by atoms with Gasteiger partial charge in [0.15, 0.2) is 0 Å². The molecule has 22 heavy (non-hydrogen) atoms. The van der Waals surface area contributed by atoms with E-state index in [2.05, 4.69) is 10.6 Å². The zero-order valence-corrected chi connectivity index (χ0v) is 13.8. The number of amides is 1. The number of methoxy groups -OCH3 is 1. The average Bonchev–Trinajstić information content (AvgIpc) is 2.46.